The van der Waals surface area contributed by atoms with E-state index in [-0.39, 0.29) is 5.91 Å². The van der Waals surface area contributed by atoms with Gasteiger partial charge in [-0.15, -0.1) is 0 Å². The number of carbonyl (C=O) groups is 1. The van der Waals surface area contributed by atoms with Crippen LogP contribution < -0.4 is 11.1 Å². The number of hydrogen-bond acceptors (Lipinski definition) is 3. The largest absolute Gasteiger partial charge is 0.398 e. The summed E-state index contributed by atoms with van der Waals surface area (Å²) in [6.07, 6.45) is 3.97. The van der Waals surface area contributed by atoms with Gasteiger partial charge in [0.15, 0.2) is 0 Å². The minimum Gasteiger partial charge on any atom is -0.398 e. The van der Waals surface area contributed by atoms with Crippen LogP contribution in [-0.4, -0.2) is 37.0 Å². The van der Waals surface area contributed by atoms with E-state index in [9.17, 15) is 4.79 Å². The molecule has 1 aliphatic rings. The molecule has 0 spiro atoms. The van der Waals surface area contributed by atoms with Crippen LogP contribution in [0.2, 0.25) is 0 Å². The van der Waals surface area contributed by atoms with E-state index in [1.807, 2.05) is 25.1 Å². The predicted molar refractivity (Wildman–Crippen MR) is 87.4 cm³/mol. The number of rotatable bonds is 5. The summed E-state index contributed by atoms with van der Waals surface area (Å²) in [7, 11) is 0. The number of benzene rings is 1. The van der Waals surface area contributed by atoms with E-state index in [1.165, 1.54) is 32.4 Å². The number of piperidine rings is 1. The molecular formula is C17H27N3O. The lowest BCUT2D eigenvalue weighted by atomic mass is 10.1. The van der Waals surface area contributed by atoms with Gasteiger partial charge in [-0.1, -0.05) is 19.4 Å². The van der Waals surface area contributed by atoms with Crippen molar-refractivity contribution in [2.24, 2.45) is 5.92 Å². The van der Waals surface area contributed by atoms with Gasteiger partial charge in [0.05, 0.1) is 0 Å². The van der Waals surface area contributed by atoms with Crippen molar-refractivity contribution in [2.45, 2.75) is 33.1 Å². The van der Waals surface area contributed by atoms with Gasteiger partial charge in [-0.25, -0.2) is 0 Å². The molecule has 1 heterocycles. The zero-order valence-electron chi connectivity index (χ0n) is 13.2. The van der Waals surface area contributed by atoms with Crippen molar-refractivity contribution in [3.05, 3.63) is 29.3 Å². The van der Waals surface area contributed by atoms with Crippen LogP contribution in [0.5, 0.6) is 0 Å². The lowest BCUT2D eigenvalue weighted by Crippen LogP contribution is -2.38. The third-order valence-electron chi connectivity index (χ3n) is 4.25. The normalized spacial score (nSPS) is 17.4. The van der Waals surface area contributed by atoms with E-state index in [1.54, 1.807) is 0 Å². The number of carbonyl (C=O) groups excluding carboxylic acids is 1. The van der Waals surface area contributed by atoms with Gasteiger partial charge in [0, 0.05) is 24.3 Å². The number of likely N-dealkylation sites (tertiary alicyclic amines) is 1. The summed E-state index contributed by atoms with van der Waals surface area (Å²) in [6, 6.07) is 5.48. The van der Waals surface area contributed by atoms with Crippen molar-refractivity contribution >= 4 is 11.6 Å². The monoisotopic (exact) mass is 289 g/mol. The molecule has 4 nitrogen and oxygen atoms in total. The van der Waals surface area contributed by atoms with Crippen molar-refractivity contribution in [2.75, 3.05) is 31.9 Å². The number of anilines is 1. The first-order chi connectivity index (χ1) is 10.1. The maximum atomic E-state index is 12.2. The summed E-state index contributed by atoms with van der Waals surface area (Å²) in [5.41, 5.74) is 8.06. The first kappa shape index (κ1) is 15.8. The van der Waals surface area contributed by atoms with Crippen LogP contribution in [0.3, 0.4) is 0 Å². The standard InChI is InChI=1S/C17H27N3O/c1-13(12-20-9-4-3-5-10-20)11-19-17(21)15-7-6-8-16(18)14(15)2/h6-8,13H,3-5,9-12,18H2,1-2H3,(H,19,21). The Hall–Kier alpha value is -1.55. The second-order valence-electron chi connectivity index (χ2n) is 6.20. The fourth-order valence-corrected chi connectivity index (χ4v) is 2.91. The minimum atomic E-state index is -0.0229. The molecule has 0 radical (unpaired) electrons. The van der Waals surface area contributed by atoms with Gasteiger partial charge >= 0.3 is 0 Å². The van der Waals surface area contributed by atoms with Gasteiger partial charge in [-0.2, -0.15) is 0 Å². The van der Waals surface area contributed by atoms with E-state index >= 15 is 0 Å². The Morgan fingerprint density at radius 3 is 2.76 bits per heavy atom. The Morgan fingerprint density at radius 2 is 2.05 bits per heavy atom. The van der Waals surface area contributed by atoms with Crippen LogP contribution in [-0.2, 0) is 0 Å². The molecule has 1 saturated heterocycles. The molecule has 1 unspecified atom stereocenters. The summed E-state index contributed by atoms with van der Waals surface area (Å²) in [4.78, 5) is 14.7. The summed E-state index contributed by atoms with van der Waals surface area (Å²) in [5.74, 6) is 0.443. The van der Waals surface area contributed by atoms with Crippen LogP contribution >= 0.6 is 0 Å². The Labute approximate surface area is 127 Å². The fourth-order valence-electron chi connectivity index (χ4n) is 2.91. The molecule has 4 heteroatoms. The highest BCUT2D eigenvalue weighted by Crippen LogP contribution is 2.15. The third-order valence-corrected chi connectivity index (χ3v) is 4.25. The molecule has 0 saturated carbocycles. The first-order valence-electron chi connectivity index (χ1n) is 7.93. The number of hydrogen-bond donors (Lipinski definition) is 2. The van der Waals surface area contributed by atoms with Crippen molar-refractivity contribution in [1.29, 1.82) is 0 Å². The molecule has 0 aliphatic carbocycles. The van der Waals surface area contributed by atoms with E-state index in [0.717, 1.165) is 12.1 Å². The lowest BCUT2D eigenvalue weighted by molar-refractivity contribution is 0.0942. The molecular weight excluding hydrogens is 262 g/mol. The van der Waals surface area contributed by atoms with E-state index in [0.29, 0.717) is 23.7 Å². The summed E-state index contributed by atoms with van der Waals surface area (Å²) in [5, 5.41) is 3.04. The second-order valence-corrected chi connectivity index (χ2v) is 6.20. The van der Waals surface area contributed by atoms with Crippen LogP contribution in [0.4, 0.5) is 5.69 Å². The van der Waals surface area contributed by atoms with Crippen molar-refractivity contribution in [3.8, 4) is 0 Å². The topological polar surface area (TPSA) is 58.4 Å². The van der Waals surface area contributed by atoms with Gasteiger partial charge in [0.1, 0.15) is 0 Å². The molecule has 2 rings (SSSR count). The minimum absolute atomic E-state index is 0.0229. The van der Waals surface area contributed by atoms with Crippen molar-refractivity contribution < 1.29 is 4.79 Å². The van der Waals surface area contributed by atoms with Crippen molar-refractivity contribution in [3.63, 3.8) is 0 Å². The molecule has 1 amide bonds. The van der Waals surface area contributed by atoms with Gasteiger partial charge in [-0.3, -0.25) is 4.79 Å². The maximum Gasteiger partial charge on any atom is 0.251 e. The summed E-state index contributed by atoms with van der Waals surface area (Å²) in [6.45, 7) is 8.27. The average molecular weight is 289 g/mol. The SMILES string of the molecule is Cc1c(N)cccc1C(=O)NCC(C)CN1CCCCC1. The number of nitrogen functional groups attached to an aromatic ring is 1. The predicted octanol–water partition coefficient (Wildman–Crippen LogP) is 2.43. The zero-order chi connectivity index (χ0) is 15.2. The Bertz CT molecular complexity index is 481. The highest BCUT2D eigenvalue weighted by molar-refractivity contribution is 5.96. The highest BCUT2D eigenvalue weighted by atomic mass is 16.1. The molecule has 0 bridgehead atoms. The van der Waals surface area contributed by atoms with Gasteiger partial charge in [0.2, 0.25) is 0 Å². The molecule has 116 valence electrons. The fraction of sp³-hybridized carbons (Fsp3) is 0.588. The third kappa shape index (κ3) is 4.46. The lowest BCUT2D eigenvalue weighted by Gasteiger charge is -2.29. The molecule has 21 heavy (non-hydrogen) atoms. The van der Waals surface area contributed by atoms with Crippen LogP contribution in [0, 0.1) is 12.8 Å². The van der Waals surface area contributed by atoms with Gasteiger partial charge in [-0.05, 0) is 56.5 Å². The van der Waals surface area contributed by atoms with Crippen LogP contribution in [0.25, 0.3) is 0 Å². The van der Waals surface area contributed by atoms with E-state index in [2.05, 4.69) is 17.1 Å². The van der Waals surface area contributed by atoms with E-state index in [4.69, 9.17) is 5.73 Å². The van der Waals surface area contributed by atoms with Crippen molar-refractivity contribution in [1.82, 2.24) is 10.2 Å². The van der Waals surface area contributed by atoms with Gasteiger partial charge in [0.25, 0.3) is 5.91 Å². The molecule has 3 N–H and O–H groups in total. The van der Waals surface area contributed by atoms with Gasteiger partial charge < -0.3 is 16.0 Å². The summed E-state index contributed by atoms with van der Waals surface area (Å²) >= 11 is 0. The molecule has 1 aliphatic heterocycles. The molecule has 1 atom stereocenters. The summed E-state index contributed by atoms with van der Waals surface area (Å²) < 4.78 is 0. The molecule has 1 fully saturated rings. The highest BCUT2D eigenvalue weighted by Gasteiger charge is 2.15. The maximum absolute atomic E-state index is 12.2. The molecule has 0 aromatic heterocycles. The average Bonchev–Trinajstić information content (AvgIpc) is 2.48. The molecule has 1 aromatic carbocycles. The van der Waals surface area contributed by atoms with Crippen LogP contribution in [0.15, 0.2) is 18.2 Å². The quantitative estimate of drug-likeness (QED) is 0.819. The number of nitrogens with two attached hydrogens (primary N) is 1. The Balaban J connectivity index is 1.81. The number of amides is 1. The second kappa shape index (κ2) is 7.46. The Morgan fingerprint density at radius 1 is 1.33 bits per heavy atom. The smallest absolute Gasteiger partial charge is 0.251 e. The van der Waals surface area contributed by atoms with E-state index < -0.39 is 0 Å². The number of nitrogens with one attached hydrogen (secondary N) is 1. The Kier molecular flexibility index (Phi) is 5.62. The first-order valence-corrected chi connectivity index (χ1v) is 7.93. The molecule has 1 aromatic rings. The zero-order valence-corrected chi connectivity index (χ0v) is 13.2. The number of nitrogens with zero attached hydrogens (tertiary/aromatic N) is 1. The van der Waals surface area contributed by atoms with Crippen LogP contribution in [0.1, 0.15) is 42.1 Å².